The van der Waals surface area contributed by atoms with Gasteiger partial charge in [-0.1, -0.05) is 12.1 Å². The Kier molecular flexibility index (Phi) is 3.67. The van der Waals surface area contributed by atoms with Crippen LogP contribution in [0.1, 0.15) is 22.3 Å². The minimum absolute atomic E-state index is 0.104. The van der Waals surface area contributed by atoms with Crippen LogP contribution >= 0.6 is 0 Å². The summed E-state index contributed by atoms with van der Waals surface area (Å²) in [6, 6.07) is 4.41. The Balaban J connectivity index is 2.92. The lowest BCUT2D eigenvalue weighted by atomic mass is 10.0. The van der Waals surface area contributed by atoms with Crippen LogP contribution in [0.4, 0.5) is 0 Å². The summed E-state index contributed by atoms with van der Waals surface area (Å²) in [5.74, 6) is 0. The molecule has 0 radical (unpaired) electrons. The molecule has 1 N–H and O–H groups in total. The highest BCUT2D eigenvalue weighted by Gasteiger charge is 2.04. The minimum atomic E-state index is 0.104. The van der Waals surface area contributed by atoms with Crippen molar-refractivity contribution in [2.24, 2.45) is 0 Å². The molecule has 1 aromatic carbocycles. The Morgan fingerprint density at radius 1 is 1.07 bits per heavy atom. The van der Waals surface area contributed by atoms with Gasteiger partial charge in [-0.15, -0.1) is 0 Å². The van der Waals surface area contributed by atoms with Crippen molar-refractivity contribution in [1.29, 1.82) is 0 Å². The van der Waals surface area contributed by atoms with Crippen LogP contribution in [0.15, 0.2) is 12.1 Å². The van der Waals surface area contributed by atoms with Crippen molar-refractivity contribution < 1.29 is 5.11 Å². The van der Waals surface area contributed by atoms with Gasteiger partial charge in [0.05, 0.1) is 6.73 Å². The molecule has 0 aromatic heterocycles. The Hall–Kier alpha value is -0.860. The number of benzene rings is 1. The molecule has 0 amide bonds. The average Bonchev–Trinajstić information content (AvgIpc) is 2.14. The normalized spacial score (nSPS) is 11.0. The molecule has 2 heteroatoms. The van der Waals surface area contributed by atoms with Gasteiger partial charge >= 0.3 is 0 Å². The zero-order valence-electron chi connectivity index (χ0n) is 9.46. The van der Waals surface area contributed by atoms with E-state index in [1.54, 1.807) is 0 Å². The van der Waals surface area contributed by atoms with Crippen molar-refractivity contribution in [3.8, 4) is 0 Å². The zero-order chi connectivity index (χ0) is 10.7. The van der Waals surface area contributed by atoms with Crippen molar-refractivity contribution in [2.75, 3.05) is 13.8 Å². The van der Waals surface area contributed by atoms with Crippen molar-refractivity contribution in [3.63, 3.8) is 0 Å². The van der Waals surface area contributed by atoms with Crippen molar-refractivity contribution in [3.05, 3.63) is 34.4 Å². The van der Waals surface area contributed by atoms with Crippen LogP contribution in [0.2, 0.25) is 0 Å². The first kappa shape index (κ1) is 11.2. The standard InChI is InChI=1S/C12H19NO/c1-9-5-11(3)12(6-10(9)2)7-13(4)8-14/h5-6,14H,7-8H2,1-4H3. The second-order valence-corrected chi connectivity index (χ2v) is 4.02. The number of rotatable bonds is 3. The van der Waals surface area contributed by atoms with Crippen LogP contribution in [-0.4, -0.2) is 23.8 Å². The van der Waals surface area contributed by atoms with Gasteiger partial charge in [-0.05, 0) is 50.1 Å². The van der Waals surface area contributed by atoms with E-state index in [9.17, 15) is 0 Å². The lowest BCUT2D eigenvalue weighted by Gasteiger charge is -2.16. The second kappa shape index (κ2) is 4.58. The van der Waals surface area contributed by atoms with Crippen LogP contribution in [0, 0.1) is 20.8 Å². The number of aryl methyl sites for hydroxylation is 3. The molecule has 0 spiro atoms. The summed E-state index contributed by atoms with van der Waals surface area (Å²) in [4.78, 5) is 1.89. The molecule has 14 heavy (non-hydrogen) atoms. The maximum atomic E-state index is 8.94. The molecule has 1 rings (SSSR count). The topological polar surface area (TPSA) is 23.5 Å². The first-order valence-corrected chi connectivity index (χ1v) is 4.90. The van der Waals surface area contributed by atoms with Gasteiger partial charge in [0.2, 0.25) is 0 Å². The third-order valence-electron chi connectivity index (χ3n) is 2.63. The summed E-state index contributed by atoms with van der Waals surface area (Å²) in [6.45, 7) is 7.28. The Morgan fingerprint density at radius 3 is 2.21 bits per heavy atom. The van der Waals surface area contributed by atoms with Gasteiger partial charge in [0.1, 0.15) is 0 Å². The molecule has 78 valence electrons. The summed E-state index contributed by atoms with van der Waals surface area (Å²) >= 11 is 0. The van der Waals surface area contributed by atoms with E-state index in [4.69, 9.17) is 5.11 Å². The Bertz CT molecular complexity index is 320. The van der Waals surface area contributed by atoms with E-state index in [1.165, 1.54) is 22.3 Å². The number of aliphatic hydroxyl groups is 1. The van der Waals surface area contributed by atoms with Crippen LogP contribution in [0.3, 0.4) is 0 Å². The maximum absolute atomic E-state index is 8.94. The van der Waals surface area contributed by atoms with Gasteiger partial charge in [-0.2, -0.15) is 0 Å². The Morgan fingerprint density at radius 2 is 1.64 bits per heavy atom. The summed E-state index contributed by atoms with van der Waals surface area (Å²) < 4.78 is 0. The highest BCUT2D eigenvalue weighted by Crippen LogP contribution is 2.16. The fourth-order valence-corrected chi connectivity index (χ4v) is 1.53. The van der Waals surface area contributed by atoms with Crippen molar-refractivity contribution in [2.45, 2.75) is 27.3 Å². The molecule has 0 aliphatic rings. The van der Waals surface area contributed by atoms with Crippen LogP contribution in [-0.2, 0) is 6.54 Å². The largest absolute Gasteiger partial charge is 0.381 e. The summed E-state index contributed by atoms with van der Waals surface area (Å²) in [7, 11) is 1.91. The number of hydrogen-bond acceptors (Lipinski definition) is 2. The smallest absolute Gasteiger partial charge is 0.0956 e. The second-order valence-electron chi connectivity index (χ2n) is 4.02. The monoisotopic (exact) mass is 193 g/mol. The van der Waals surface area contributed by atoms with E-state index in [0.29, 0.717) is 0 Å². The molecule has 0 fully saturated rings. The molecule has 0 unspecified atom stereocenters. The molecule has 0 aliphatic carbocycles. The SMILES string of the molecule is Cc1cc(C)c(CN(C)CO)cc1C. The third-order valence-corrected chi connectivity index (χ3v) is 2.63. The highest BCUT2D eigenvalue weighted by molar-refractivity contribution is 5.36. The first-order chi connectivity index (χ1) is 6.54. The molecule has 2 nitrogen and oxygen atoms in total. The van der Waals surface area contributed by atoms with Crippen LogP contribution < -0.4 is 0 Å². The summed E-state index contributed by atoms with van der Waals surface area (Å²) in [6.07, 6.45) is 0. The summed E-state index contributed by atoms with van der Waals surface area (Å²) in [5.41, 5.74) is 5.24. The third kappa shape index (κ3) is 2.56. The fraction of sp³-hybridized carbons (Fsp3) is 0.500. The van der Waals surface area contributed by atoms with E-state index in [1.807, 2.05) is 11.9 Å². The molecular formula is C12H19NO. The lowest BCUT2D eigenvalue weighted by molar-refractivity contribution is 0.127. The average molecular weight is 193 g/mol. The van der Waals surface area contributed by atoms with E-state index in [2.05, 4.69) is 32.9 Å². The lowest BCUT2D eigenvalue weighted by Crippen LogP contribution is -2.19. The quantitative estimate of drug-likeness (QED) is 0.742. The number of hydrogen-bond donors (Lipinski definition) is 1. The predicted molar refractivity (Wildman–Crippen MR) is 59.2 cm³/mol. The number of nitrogens with zero attached hydrogens (tertiary/aromatic N) is 1. The van der Waals surface area contributed by atoms with E-state index in [0.717, 1.165) is 6.54 Å². The maximum Gasteiger partial charge on any atom is 0.0956 e. The van der Waals surface area contributed by atoms with Crippen molar-refractivity contribution >= 4 is 0 Å². The number of aliphatic hydroxyl groups excluding tert-OH is 1. The molecule has 0 atom stereocenters. The van der Waals surface area contributed by atoms with Gasteiger partial charge in [-0.3, -0.25) is 4.90 Å². The molecular weight excluding hydrogens is 174 g/mol. The zero-order valence-corrected chi connectivity index (χ0v) is 9.46. The molecule has 1 aromatic rings. The molecule has 0 saturated heterocycles. The van der Waals surface area contributed by atoms with Crippen LogP contribution in [0.5, 0.6) is 0 Å². The van der Waals surface area contributed by atoms with Gasteiger partial charge in [0.25, 0.3) is 0 Å². The summed E-state index contributed by atoms with van der Waals surface area (Å²) in [5, 5.41) is 8.94. The fourth-order valence-electron chi connectivity index (χ4n) is 1.53. The van der Waals surface area contributed by atoms with E-state index >= 15 is 0 Å². The highest BCUT2D eigenvalue weighted by atomic mass is 16.3. The van der Waals surface area contributed by atoms with Gasteiger partial charge in [-0.25, -0.2) is 0 Å². The van der Waals surface area contributed by atoms with Crippen molar-refractivity contribution in [1.82, 2.24) is 4.90 Å². The van der Waals surface area contributed by atoms with Crippen LogP contribution in [0.25, 0.3) is 0 Å². The van der Waals surface area contributed by atoms with Gasteiger partial charge in [0.15, 0.2) is 0 Å². The van der Waals surface area contributed by atoms with E-state index < -0.39 is 0 Å². The first-order valence-electron chi connectivity index (χ1n) is 4.90. The van der Waals surface area contributed by atoms with Gasteiger partial charge < -0.3 is 5.11 Å². The minimum Gasteiger partial charge on any atom is -0.381 e. The molecule has 0 heterocycles. The predicted octanol–water partition coefficient (Wildman–Crippen LogP) is 1.99. The van der Waals surface area contributed by atoms with E-state index in [-0.39, 0.29) is 6.73 Å². The molecule has 0 bridgehead atoms. The molecule has 0 saturated carbocycles. The Labute approximate surface area is 86.2 Å². The van der Waals surface area contributed by atoms with Gasteiger partial charge in [0, 0.05) is 6.54 Å². The molecule has 0 aliphatic heterocycles.